The van der Waals surface area contributed by atoms with Gasteiger partial charge in [0.05, 0.1) is 5.52 Å². The molecule has 0 aliphatic heterocycles. The number of carbonyl (C=O) groups is 2. The number of carbonyl (C=O) groups excluding carboxylic acids is 2. The van der Waals surface area contributed by atoms with Crippen molar-refractivity contribution in [2.75, 3.05) is 0 Å². The van der Waals surface area contributed by atoms with E-state index in [1.165, 1.54) is 12.1 Å². The van der Waals surface area contributed by atoms with Gasteiger partial charge in [0.1, 0.15) is 23.9 Å². The van der Waals surface area contributed by atoms with Crippen molar-refractivity contribution in [3.63, 3.8) is 0 Å². The molecule has 0 radical (unpaired) electrons. The summed E-state index contributed by atoms with van der Waals surface area (Å²) in [5, 5.41) is 11.3. The second kappa shape index (κ2) is 10.7. The first-order valence-corrected chi connectivity index (χ1v) is 12.3. The molecule has 0 spiro atoms. The van der Waals surface area contributed by atoms with E-state index >= 15 is 0 Å². The number of benzene rings is 3. The standard InChI is InChI=1S/C28H28FN5O2/c29-22-16-14-20(15-17-22)18-30-28(36)27(21-8-2-1-3-9-21)34(23-10-4-5-11-23)26(35)19-33-25-13-7-6-12-24(25)31-32-33/h1-3,6-9,12-17,23,27H,4-5,10-11,18-19H2,(H,30,36)/t27-/m1/s1. The molecular weight excluding hydrogens is 457 g/mol. The van der Waals surface area contributed by atoms with Gasteiger partial charge in [-0.15, -0.1) is 5.10 Å². The molecule has 36 heavy (non-hydrogen) atoms. The molecule has 1 aromatic heterocycles. The van der Waals surface area contributed by atoms with Crippen LogP contribution in [0.2, 0.25) is 0 Å². The van der Waals surface area contributed by atoms with Gasteiger partial charge in [-0.05, 0) is 48.2 Å². The lowest BCUT2D eigenvalue weighted by molar-refractivity contribution is -0.144. The van der Waals surface area contributed by atoms with Crippen LogP contribution in [0.15, 0.2) is 78.9 Å². The van der Waals surface area contributed by atoms with Gasteiger partial charge >= 0.3 is 0 Å². The van der Waals surface area contributed by atoms with Crippen molar-refractivity contribution >= 4 is 22.8 Å². The van der Waals surface area contributed by atoms with Gasteiger partial charge in [0.2, 0.25) is 11.8 Å². The van der Waals surface area contributed by atoms with Crippen LogP contribution in [0.4, 0.5) is 4.39 Å². The molecule has 5 rings (SSSR count). The Morgan fingerprint density at radius 3 is 2.42 bits per heavy atom. The van der Waals surface area contributed by atoms with E-state index < -0.39 is 6.04 Å². The summed E-state index contributed by atoms with van der Waals surface area (Å²) in [6.45, 7) is 0.231. The molecule has 1 atom stereocenters. The Labute approximate surface area is 208 Å². The number of halogens is 1. The minimum Gasteiger partial charge on any atom is -0.350 e. The van der Waals surface area contributed by atoms with Crippen molar-refractivity contribution in [1.29, 1.82) is 0 Å². The van der Waals surface area contributed by atoms with Crippen molar-refractivity contribution in [3.8, 4) is 0 Å². The molecule has 2 amide bonds. The van der Waals surface area contributed by atoms with Crippen molar-refractivity contribution < 1.29 is 14.0 Å². The molecule has 8 heteroatoms. The summed E-state index contributed by atoms with van der Waals surface area (Å²) in [5.74, 6) is -0.775. The molecule has 1 fully saturated rings. The Morgan fingerprint density at radius 1 is 0.972 bits per heavy atom. The molecule has 4 aromatic rings. The molecule has 7 nitrogen and oxygen atoms in total. The normalized spacial score (nSPS) is 14.6. The minimum absolute atomic E-state index is 0.00834. The highest BCUT2D eigenvalue weighted by atomic mass is 19.1. The molecule has 1 heterocycles. The second-order valence-corrected chi connectivity index (χ2v) is 9.13. The summed E-state index contributed by atoms with van der Waals surface area (Å²) < 4.78 is 14.9. The lowest BCUT2D eigenvalue weighted by Gasteiger charge is -2.36. The van der Waals surface area contributed by atoms with Crippen LogP contribution >= 0.6 is 0 Å². The number of amides is 2. The highest BCUT2D eigenvalue weighted by Gasteiger charge is 2.37. The number of para-hydroxylation sites is 1. The van der Waals surface area contributed by atoms with Crippen LogP contribution in [0.1, 0.15) is 42.9 Å². The monoisotopic (exact) mass is 485 g/mol. The van der Waals surface area contributed by atoms with Crippen LogP contribution in [0.25, 0.3) is 11.0 Å². The zero-order valence-electron chi connectivity index (χ0n) is 19.9. The van der Waals surface area contributed by atoms with Crippen molar-refractivity contribution in [1.82, 2.24) is 25.2 Å². The molecule has 184 valence electrons. The zero-order valence-corrected chi connectivity index (χ0v) is 19.9. The van der Waals surface area contributed by atoms with Gasteiger partial charge in [0.15, 0.2) is 0 Å². The molecule has 0 bridgehead atoms. The van der Waals surface area contributed by atoms with Crippen LogP contribution < -0.4 is 5.32 Å². The van der Waals surface area contributed by atoms with Crippen LogP contribution in [0.5, 0.6) is 0 Å². The maximum atomic E-state index is 13.9. The Morgan fingerprint density at radius 2 is 1.67 bits per heavy atom. The van der Waals surface area contributed by atoms with Gasteiger partial charge in [-0.25, -0.2) is 9.07 Å². The Bertz CT molecular complexity index is 1330. The highest BCUT2D eigenvalue weighted by molar-refractivity contribution is 5.89. The van der Waals surface area contributed by atoms with E-state index in [-0.39, 0.29) is 36.8 Å². The molecule has 1 N–H and O–H groups in total. The predicted molar refractivity (Wildman–Crippen MR) is 134 cm³/mol. The summed E-state index contributed by atoms with van der Waals surface area (Å²) in [7, 11) is 0. The summed E-state index contributed by atoms with van der Waals surface area (Å²) in [4.78, 5) is 29.3. The Balaban J connectivity index is 1.45. The second-order valence-electron chi connectivity index (χ2n) is 9.13. The summed E-state index contributed by atoms with van der Waals surface area (Å²) in [5.41, 5.74) is 3.02. The number of fused-ring (bicyclic) bond motifs is 1. The number of hydrogen-bond donors (Lipinski definition) is 1. The third-order valence-corrected chi connectivity index (χ3v) is 6.73. The van der Waals surface area contributed by atoms with E-state index in [0.29, 0.717) is 0 Å². The first-order valence-electron chi connectivity index (χ1n) is 12.3. The number of rotatable bonds is 8. The van der Waals surface area contributed by atoms with Crippen LogP contribution in [-0.2, 0) is 22.7 Å². The average molecular weight is 486 g/mol. The van der Waals surface area contributed by atoms with E-state index in [1.54, 1.807) is 21.7 Å². The zero-order chi connectivity index (χ0) is 24.9. The van der Waals surface area contributed by atoms with Crippen LogP contribution in [0.3, 0.4) is 0 Å². The maximum absolute atomic E-state index is 13.9. The first-order chi connectivity index (χ1) is 17.6. The summed E-state index contributed by atoms with van der Waals surface area (Å²) >= 11 is 0. The lowest BCUT2D eigenvalue weighted by Crippen LogP contribution is -2.49. The topological polar surface area (TPSA) is 80.1 Å². The van der Waals surface area contributed by atoms with Gasteiger partial charge in [0, 0.05) is 12.6 Å². The number of aromatic nitrogens is 3. The Hall–Kier alpha value is -4.07. The maximum Gasteiger partial charge on any atom is 0.247 e. The van der Waals surface area contributed by atoms with Crippen LogP contribution in [0, 0.1) is 5.82 Å². The minimum atomic E-state index is -0.794. The number of nitrogens with one attached hydrogen (secondary N) is 1. The molecule has 3 aromatic carbocycles. The quantitative estimate of drug-likeness (QED) is 0.401. The highest BCUT2D eigenvalue weighted by Crippen LogP contribution is 2.32. The molecule has 0 saturated heterocycles. The van der Waals surface area contributed by atoms with Crippen LogP contribution in [-0.4, -0.2) is 37.7 Å². The first kappa shape index (κ1) is 23.7. The molecule has 0 unspecified atom stereocenters. The van der Waals surface area contributed by atoms with Crippen molar-refractivity contribution in [3.05, 3.63) is 95.8 Å². The van der Waals surface area contributed by atoms with Gasteiger partial charge in [0.25, 0.3) is 0 Å². The molecule has 1 aliphatic rings. The van der Waals surface area contributed by atoms with E-state index in [1.807, 2.05) is 54.6 Å². The van der Waals surface area contributed by atoms with E-state index in [4.69, 9.17) is 0 Å². The molecular formula is C28H28FN5O2. The molecule has 1 saturated carbocycles. The lowest BCUT2D eigenvalue weighted by atomic mass is 10.0. The van der Waals surface area contributed by atoms with Gasteiger partial charge < -0.3 is 10.2 Å². The van der Waals surface area contributed by atoms with Gasteiger partial charge in [-0.1, -0.05) is 72.7 Å². The predicted octanol–water partition coefficient (Wildman–Crippen LogP) is 4.40. The van der Waals surface area contributed by atoms with Crippen molar-refractivity contribution in [2.24, 2.45) is 0 Å². The fourth-order valence-corrected chi connectivity index (χ4v) is 4.95. The number of hydrogen-bond acceptors (Lipinski definition) is 4. The number of nitrogens with zero attached hydrogens (tertiary/aromatic N) is 4. The summed E-state index contributed by atoms with van der Waals surface area (Å²) in [6.07, 6.45) is 3.72. The fourth-order valence-electron chi connectivity index (χ4n) is 4.95. The van der Waals surface area contributed by atoms with E-state index in [2.05, 4.69) is 15.6 Å². The SMILES string of the molecule is O=C(NCc1ccc(F)cc1)[C@@H](c1ccccc1)N(C(=O)Cn1nnc2ccccc21)C1CCCC1. The van der Waals surface area contributed by atoms with Gasteiger partial charge in [-0.3, -0.25) is 9.59 Å². The van der Waals surface area contributed by atoms with Crippen molar-refractivity contribution in [2.45, 2.75) is 50.9 Å². The third kappa shape index (κ3) is 5.12. The average Bonchev–Trinajstić information content (AvgIpc) is 3.58. The molecule has 1 aliphatic carbocycles. The summed E-state index contributed by atoms with van der Waals surface area (Å²) in [6, 6.07) is 22.1. The van der Waals surface area contributed by atoms with E-state index in [0.717, 1.165) is 47.8 Å². The fraction of sp³-hybridized carbons (Fsp3) is 0.286. The smallest absolute Gasteiger partial charge is 0.247 e. The van der Waals surface area contributed by atoms with E-state index in [9.17, 15) is 14.0 Å². The largest absolute Gasteiger partial charge is 0.350 e. The van der Waals surface area contributed by atoms with Gasteiger partial charge in [-0.2, -0.15) is 0 Å². The Kier molecular flexibility index (Phi) is 7.02. The third-order valence-electron chi connectivity index (χ3n) is 6.73.